The van der Waals surface area contributed by atoms with Crippen LogP contribution in [-0.4, -0.2) is 35.4 Å². The van der Waals surface area contributed by atoms with Crippen LogP contribution >= 0.6 is 27.3 Å². The van der Waals surface area contributed by atoms with Crippen LogP contribution in [0.5, 0.6) is 0 Å². The van der Waals surface area contributed by atoms with E-state index >= 15 is 0 Å². The van der Waals surface area contributed by atoms with Gasteiger partial charge in [-0.2, -0.15) is 5.10 Å². The van der Waals surface area contributed by atoms with Gasteiger partial charge in [-0.15, -0.1) is 16.4 Å². The molecule has 2 aliphatic heterocycles. The van der Waals surface area contributed by atoms with E-state index in [-0.39, 0.29) is 11.9 Å². The highest BCUT2D eigenvalue weighted by molar-refractivity contribution is 9.10. The smallest absolute Gasteiger partial charge is 0.256 e. The minimum absolute atomic E-state index is 0.0457. The first-order valence-electron chi connectivity index (χ1n) is 9.15. The van der Waals surface area contributed by atoms with Crippen molar-refractivity contribution in [1.82, 2.24) is 4.90 Å². The molecule has 1 amide bonds. The molecule has 3 aromatic rings. The van der Waals surface area contributed by atoms with Gasteiger partial charge >= 0.3 is 0 Å². The molecule has 1 unspecified atom stereocenters. The second-order valence-corrected chi connectivity index (χ2v) is 8.72. The van der Waals surface area contributed by atoms with E-state index in [2.05, 4.69) is 49.0 Å². The highest BCUT2D eigenvalue weighted by Crippen LogP contribution is 2.31. The van der Waals surface area contributed by atoms with Gasteiger partial charge in [0.25, 0.3) is 5.91 Å². The quantitative estimate of drug-likeness (QED) is 0.432. The molecule has 3 heterocycles. The van der Waals surface area contributed by atoms with Gasteiger partial charge in [-0.05, 0) is 37.1 Å². The van der Waals surface area contributed by atoms with Crippen molar-refractivity contribution in [2.45, 2.75) is 18.9 Å². The van der Waals surface area contributed by atoms with E-state index in [0.717, 1.165) is 40.9 Å². The van der Waals surface area contributed by atoms with Gasteiger partial charge in [0.15, 0.2) is 5.84 Å². The van der Waals surface area contributed by atoms with Crippen LogP contribution in [0.15, 0.2) is 62.5 Å². The standard InChI is InChI=1S/C21H17BrN4OS/c22-14-7-8-17-16(10-14)21(27)26-9-3-5-18(26)20(24-17)25-23-11-13-12-28-19-6-2-1-4-15(13)19/h1-2,4,6-8,10-12,18H,3,5,9H2,(H,24,25). The summed E-state index contributed by atoms with van der Waals surface area (Å²) in [5.41, 5.74) is 2.50. The first kappa shape index (κ1) is 17.6. The van der Waals surface area contributed by atoms with Gasteiger partial charge in [0.1, 0.15) is 0 Å². The Morgan fingerprint density at radius 1 is 1.25 bits per heavy atom. The lowest BCUT2D eigenvalue weighted by Crippen LogP contribution is -2.40. The number of carbonyl (C=O) groups excluding carboxylic acids is 1. The van der Waals surface area contributed by atoms with Gasteiger partial charge in [0.2, 0.25) is 0 Å². The summed E-state index contributed by atoms with van der Waals surface area (Å²) in [4.78, 5) is 14.9. The first-order valence-corrected chi connectivity index (χ1v) is 10.8. The van der Waals surface area contributed by atoms with Gasteiger partial charge in [-0.1, -0.05) is 34.1 Å². The average Bonchev–Trinajstić information content (AvgIpc) is 3.33. The number of amides is 1. The van der Waals surface area contributed by atoms with Gasteiger partial charge in [-0.25, -0.2) is 0 Å². The number of hydrogen-bond donors (Lipinski definition) is 1. The van der Waals surface area contributed by atoms with Gasteiger partial charge < -0.3 is 10.2 Å². The zero-order valence-electron chi connectivity index (χ0n) is 14.9. The summed E-state index contributed by atoms with van der Waals surface area (Å²) in [6.45, 7) is 0.745. The van der Waals surface area contributed by atoms with E-state index in [1.165, 1.54) is 10.1 Å². The van der Waals surface area contributed by atoms with Crippen molar-refractivity contribution < 1.29 is 4.79 Å². The number of halogens is 1. The molecule has 5 rings (SSSR count). The summed E-state index contributed by atoms with van der Waals surface area (Å²) in [6, 6.07) is 13.9. The highest BCUT2D eigenvalue weighted by Gasteiger charge is 2.37. The number of nitrogens with zero attached hydrogens (tertiary/aromatic N) is 3. The van der Waals surface area contributed by atoms with E-state index in [9.17, 15) is 4.79 Å². The van der Waals surface area contributed by atoms with Crippen molar-refractivity contribution in [2.75, 3.05) is 11.9 Å². The third kappa shape index (κ3) is 3.04. The summed E-state index contributed by atoms with van der Waals surface area (Å²) in [6.07, 6.45) is 3.66. The van der Waals surface area contributed by atoms with Crippen LogP contribution in [0, 0.1) is 0 Å². The number of fused-ring (bicyclic) bond motifs is 3. The molecule has 0 bridgehead atoms. The monoisotopic (exact) mass is 452 g/mol. The predicted octanol–water partition coefficient (Wildman–Crippen LogP) is 5.13. The molecule has 0 radical (unpaired) electrons. The number of amidine groups is 1. The second-order valence-electron chi connectivity index (χ2n) is 6.89. The first-order chi connectivity index (χ1) is 13.7. The zero-order valence-corrected chi connectivity index (χ0v) is 17.3. The Kier molecular flexibility index (Phi) is 4.49. The third-order valence-electron chi connectivity index (χ3n) is 5.18. The number of benzene rings is 2. The molecule has 1 fully saturated rings. The molecule has 0 saturated carbocycles. The molecular formula is C21H17BrN4OS. The molecule has 7 heteroatoms. The van der Waals surface area contributed by atoms with Crippen LogP contribution in [0.25, 0.3) is 10.1 Å². The lowest BCUT2D eigenvalue weighted by molar-refractivity contribution is 0.0773. The van der Waals surface area contributed by atoms with Crippen LogP contribution in [0.3, 0.4) is 0 Å². The zero-order chi connectivity index (χ0) is 19.1. The maximum absolute atomic E-state index is 13.0. The lowest BCUT2D eigenvalue weighted by atomic mass is 10.1. The number of thiophene rings is 1. The fourth-order valence-electron chi connectivity index (χ4n) is 3.82. The molecule has 1 saturated heterocycles. The van der Waals surface area contributed by atoms with Crippen molar-refractivity contribution in [3.8, 4) is 0 Å². The Bertz CT molecular complexity index is 1140. The van der Waals surface area contributed by atoms with E-state index < -0.39 is 0 Å². The fourth-order valence-corrected chi connectivity index (χ4v) is 5.09. The van der Waals surface area contributed by atoms with Crippen molar-refractivity contribution in [3.05, 3.63) is 63.4 Å². The fraction of sp³-hybridized carbons (Fsp3) is 0.190. The molecule has 28 heavy (non-hydrogen) atoms. The summed E-state index contributed by atoms with van der Waals surface area (Å²) < 4.78 is 2.12. The predicted molar refractivity (Wildman–Crippen MR) is 119 cm³/mol. The van der Waals surface area contributed by atoms with Gasteiger partial charge in [-0.3, -0.25) is 4.79 Å². The van der Waals surface area contributed by atoms with Crippen molar-refractivity contribution in [2.24, 2.45) is 10.2 Å². The third-order valence-corrected chi connectivity index (χ3v) is 6.65. The van der Waals surface area contributed by atoms with Crippen LogP contribution in [0.1, 0.15) is 28.8 Å². The largest absolute Gasteiger partial charge is 0.340 e. The number of carbonyl (C=O) groups is 1. The topological polar surface area (TPSA) is 57.1 Å². The summed E-state index contributed by atoms with van der Waals surface area (Å²) in [7, 11) is 0. The summed E-state index contributed by atoms with van der Waals surface area (Å²) in [5.74, 6) is 0.770. The summed E-state index contributed by atoms with van der Waals surface area (Å²) in [5, 5.41) is 15.5. The number of nitrogens with one attached hydrogen (secondary N) is 1. The van der Waals surface area contributed by atoms with E-state index in [1.54, 1.807) is 17.6 Å². The molecular weight excluding hydrogens is 436 g/mol. The van der Waals surface area contributed by atoms with Crippen LogP contribution in [-0.2, 0) is 0 Å². The minimum Gasteiger partial charge on any atom is -0.340 e. The summed E-state index contributed by atoms with van der Waals surface area (Å²) >= 11 is 5.16. The Labute approximate surface area is 174 Å². The molecule has 1 atom stereocenters. The molecule has 0 aliphatic carbocycles. The molecule has 0 spiro atoms. The van der Waals surface area contributed by atoms with Crippen LogP contribution in [0.4, 0.5) is 5.69 Å². The van der Waals surface area contributed by atoms with Gasteiger partial charge in [0.05, 0.1) is 23.5 Å². The Morgan fingerprint density at radius 2 is 2.14 bits per heavy atom. The maximum atomic E-state index is 13.0. The van der Waals surface area contributed by atoms with E-state index in [4.69, 9.17) is 0 Å². The molecule has 140 valence electrons. The average molecular weight is 453 g/mol. The molecule has 2 aliphatic rings. The highest BCUT2D eigenvalue weighted by atomic mass is 79.9. The molecule has 1 N–H and O–H groups in total. The number of rotatable bonds is 2. The molecule has 2 aromatic carbocycles. The number of hydrogen-bond acceptors (Lipinski definition) is 4. The van der Waals surface area contributed by atoms with Crippen LogP contribution < -0.4 is 5.32 Å². The van der Waals surface area contributed by atoms with E-state index in [1.807, 2.05) is 35.2 Å². The normalized spacial score (nSPS) is 20.5. The molecule has 5 nitrogen and oxygen atoms in total. The maximum Gasteiger partial charge on any atom is 0.256 e. The Hall–Kier alpha value is -2.51. The van der Waals surface area contributed by atoms with E-state index in [0.29, 0.717) is 5.56 Å². The number of anilines is 1. The van der Waals surface area contributed by atoms with Crippen molar-refractivity contribution >= 4 is 61.0 Å². The Morgan fingerprint density at radius 3 is 3.07 bits per heavy atom. The van der Waals surface area contributed by atoms with Crippen LogP contribution in [0.2, 0.25) is 0 Å². The molecule has 1 aromatic heterocycles. The second kappa shape index (κ2) is 7.14. The van der Waals surface area contributed by atoms with Crippen molar-refractivity contribution in [3.63, 3.8) is 0 Å². The van der Waals surface area contributed by atoms with Crippen molar-refractivity contribution in [1.29, 1.82) is 0 Å². The lowest BCUT2D eigenvalue weighted by Gasteiger charge is -2.21. The van der Waals surface area contributed by atoms with Gasteiger partial charge in [0, 0.05) is 32.0 Å². The minimum atomic E-state index is -0.0601. The Balaban J connectivity index is 1.51. The SMILES string of the molecule is O=C1c2cc(Br)ccc2N/C(=N/N=Cc2csc3ccccc23)C2CCCN12.